The monoisotopic (exact) mass is 435 g/mol. The third-order valence-corrected chi connectivity index (χ3v) is 5.40. The first-order valence-corrected chi connectivity index (χ1v) is 10.4. The number of rotatable bonds is 6. The number of aromatic nitrogens is 3. The van der Waals surface area contributed by atoms with Crippen LogP contribution in [0.15, 0.2) is 59.5 Å². The molecule has 0 amide bonds. The second kappa shape index (κ2) is 8.49. The number of carbonyl (C=O) groups excluding carboxylic acids is 1. The Bertz CT molecular complexity index is 1350. The maximum atomic E-state index is 14.4. The van der Waals surface area contributed by atoms with Crippen molar-refractivity contribution in [3.63, 3.8) is 0 Å². The van der Waals surface area contributed by atoms with Crippen molar-refractivity contribution in [1.82, 2.24) is 14.0 Å². The highest BCUT2D eigenvalue weighted by atomic mass is 19.1. The standard InChI is InChI=1S/C25H23F2N3O2/c1-15(2)12-22(31)19-14-29(13-18-20(26)10-7-11-21(18)27)25-28-23(16(3)30(25)24(19)32)17-8-5-4-6-9-17/h4-11,14-15H,12-13H2,1-3H3. The molecule has 4 aromatic rings. The molecule has 0 saturated heterocycles. The summed E-state index contributed by atoms with van der Waals surface area (Å²) in [5.41, 5.74) is 1.25. The topological polar surface area (TPSA) is 56.4 Å². The molecule has 164 valence electrons. The Morgan fingerprint density at radius 2 is 1.69 bits per heavy atom. The molecule has 0 bridgehead atoms. The SMILES string of the molecule is Cc1c(-c2ccccc2)nc2n(Cc3c(F)cccc3F)cc(C(=O)CC(C)C)c(=O)n12. The van der Waals surface area contributed by atoms with E-state index in [1.54, 1.807) is 6.92 Å². The largest absolute Gasteiger partial charge is 0.313 e. The van der Waals surface area contributed by atoms with E-state index >= 15 is 0 Å². The predicted octanol–water partition coefficient (Wildman–Crippen LogP) is 5.03. The van der Waals surface area contributed by atoms with Crippen LogP contribution in [0.4, 0.5) is 8.78 Å². The summed E-state index contributed by atoms with van der Waals surface area (Å²) < 4.78 is 31.6. The van der Waals surface area contributed by atoms with Crippen LogP contribution in [0.5, 0.6) is 0 Å². The van der Waals surface area contributed by atoms with E-state index in [4.69, 9.17) is 0 Å². The number of ketones is 1. The van der Waals surface area contributed by atoms with Crippen LogP contribution >= 0.6 is 0 Å². The second-order valence-corrected chi connectivity index (χ2v) is 8.24. The molecule has 0 N–H and O–H groups in total. The molecular weight excluding hydrogens is 412 g/mol. The van der Waals surface area contributed by atoms with Gasteiger partial charge in [0.15, 0.2) is 5.78 Å². The summed E-state index contributed by atoms with van der Waals surface area (Å²) in [6.45, 7) is 5.31. The van der Waals surface area contributed by atoms with Gasteiger partial charge in [0.05, 0.1) is 23.5 Å². The molecule has 0 aliphatic heterocycles. The summed E-state index contributed by atoms with van der Waals surface area (Å²) in [7, 11) is 0. The van der Waals surface area contributed by atoms with E-state index in [2.05, 4.69) is 4.98 Å². The summed E-state index contributed by atoms with van der Waals surface area (Å²) in [5.74, 6) is -1.45. The molecular formula is C25H23F2N3O2. The van der Waals surface area contributed by atoms with Crippen LogP contribution in [0.25, 0.3) is 17.0 Å². The Morgan fingerprint density at radius 1 is 1.03 bits per heavy atom. The summed E-state index contributed by atoms with van der Waals surface area (Å²) in [4.78, 5) is 30.8. The number of nitrogens with zero attached hydrogens (tertiary/aromatic N) is 3. The van der Waals surface area contributed by atoms with Gasteiger partial charge in [0.25, 0.3) is 5.56 Å². The van der Waals surface area contributed by atoms with E-state index in [0.717, 1.165) is 5.56 Å². The Balaban J connectivity index is 1.99. The van der Waals surface area contributed by atoms with Crippen LogP contribution in [0.3, 0.4) is 0 Å². The first kappa shape index (κ1) is 21.6. The van der Waals surface area contributed by atoms with Gasteiger partial charge in [-0.2, -0.15) is 0 Å². The number of aryl methyl sites for hydroxylation is 1. The molecule has 0 atom stereocenters. The molecule has 2 aromatic carbocycles. The molecule has 0 fully saturated rings. The molecule has 7 heteroatoms. The highest BCUT2D eigenvalue weighted by Gasteiger charge is 2.22. The molecule has 0 unspecified atom stereocenters. The molecule has 4 rings (SSSR count). The van der Waals surface area contributed by atoms with Crippen molar-refractivity contribution in [2.45, 2.75) is 33.7 Å². The first-order chi connectivity index (χ1) is 15.3. The van der Waals surface area contributed by atoms with Crippen LogP contribution in [-0.4, -0.2) is 19.7 Å². The maximum Gasteiger partial charge on any atom is 0.270 e. The minimum absolute atomic E-state index is 0.0249. The Hall–Kier alpha value is -3.61. The fourth-order valence-electron chi connectivity index (χ4n) is 3.82. The molecule has 32 heavy (non-hydrogen) atoms. The quantitative estimate of drug-likeness (QED) is 0.399. The van der Waals surface area contributed by atoms with Crippen molar-refractivity contribution in [1.29, 1.82) is 0 Å². The lowest BCUT2D eigenvalue weighted by Crippen LogP contribution is -2.27. The molecule has 0 aliphatic rings. The summed E-state index contributed by atoms with van der Waals surface area (Å²) in [5, 5.41) is 0. The van der Waals surface area contributed by atoms with Gasteiger partial charge in [-0.1, -0.05) is 50.2 Å². The lowest BCUT2D eigenvalue weighted by Gasteiger charge is -2.13. The van der Waals surface area contributed by atoms with Crippen molar-refractivity contribution >= 4 is 11.6 Å². The van der Waals surface area contributed by atoms with E-state index in [9.17, 15) is 18.4 Å². The van der Waals surface area contributed by atoms with Crippen molar-refractivity contribution in [3.05, 3.63) is 93.5 Å². The number of hydrogen-bond acceptors (Lipinski definition) is 3. The minimum atomic E-state index is -0.705. The average molecular weight is 435 g/mol. The highest BCUT2D eigenvalue weighted by Crippen LogP contribution is 2.24. The zero-order valence-corrected chi connectivity index (χ0v) is 18.1. The Morgan fingerprint density at radius 3 is 2.31 bits per heavy atom. The van der Waals surface area contributed by atoms with Crippen LogP contribution in [0.2, 0.25) is 0 Å². The summed E-state index contributed by atoms with van der Waals surface area (Å²) >= 11 is 0. The molecule has 0 aliphatic carbocycles. The van der Waals surface area contributed by atoms with Crippen LogP contribution in [0, 0.1) is 24.5 Å². The van der Waals surface area contributed by atoms with Gasteiger partial charge in [-0.05, 0) is 25.0 Å². The summed E-state index contributed by atoms with van der Waals surface area (Å²) in [6.07, 6.45) is 1.56. The third-order valence-electron chi connectivity index (χ3n) is 5.40. The molecule has 0 radical (unpaired) electrons. The van der Waals surface area contributed by atoms with Crippen molar-refractivity contribution in [2.75, 3.05) is 0 Å². The number of Topliss-reactive ketones (excluding diaryl/α,β-unsaturated/α-hetero) is 1. The number of fused-ring (bicyclic) bond motifs is 1. The molecule has 0 spiro atoms. The van der Waals surface area contributed by atoms with Gasteiger partial charge in [0.1, 0.15) is 11.6 Å². The van der Waals surface area contributed by atoms with Gasteiger partial charge in [-0.3, -0.25) is 9.59 Å². The van der Waals surface area contributed by atoms with E-state index in [0.29, 0.717) is 11.4 Å². The van der Waals surface area contributed by atoms with Crippen molar-refractivity contribution in [2.24, 2.45) is 5.92 Å². The number of benzene rings is 2. The van der Waals surface area contributed by atoms with Crippen molar-refractivity contribution in [3.8, 4) is 11.3 Å². The van der Waals surface area contributed by atoms with Crippen LogP contribution in [-0.2, 0) is 6.54 Å². The number of imidazole rings is 1. The third kappa shape index (κ3) is 3.86. The predicted molar refractivity (Wildman–Crippen MR) is 119 cm³/mol. The van der Waals surface area contributed by atoms with Crippen LogP contribution < -0.4 is 5.56 Å². The van der Waals surface area contributed by atoms with E-state index in [1.807, 2.05) is 44.2 Å². The lowest BCUT2D eigenvalue weighted by atomic mass is 10.0. The molecule has 5 nitrogen and oxygen atoms in total. The second-order valence-electron chi connectivity index (χ2n) is 8.24. The van der Waals surface area contributed by atoms with E-state index in [-0.39, 0.29) is 41.6 Å². The molecule has 2 heterocycles. The van der Waals surface area contributed by atoms with Gasteiger partial charge >= 0.3 is 0 Å². The fraction of sp³-hybridized carbons (Fsp3) is 0.240. The summed E-state index contributed by atoms with van der Waals surface area (Å²) in [6, 6.07) is 13.0. The number of halogens is 2. The highest BCUT2D eigenvalue weighted by molar-refractivity contribution is 5.95. The Kier molecular flexibility index (Phi) is 5.74. The van der Waals surface area contributed by atoms with Crippen molar-refractivity contribution < 1.29 is 13.6 Å². The normalized spacial score (nSPS) is 11.4. The molecule has 0 saturated carbocycles. The minimum Gasteiger partial charge on any atom is -0.313 e. The smallest absolute Gasteiger partial charge is 0.270 e. The Labute approximate surface area is 184 Å². The first-order valence-electron chi connectivity index (χ1n) is 10.4. The van der Waals surface area contributed by atoms with Gasteiger partial charge in [-0.25, -0.2) is 18.2 Å². The van der Waals surface area contributed by atoms with Gasteiger partial charge in [0.2, 0.25) is 5.78 Å². The number of hydrogen-bond donors (Lipinski definition) is 0. The maximum absolute atomic E-state index is 14.4. The van der Waals surface area contributed by atoms with E-state index < -0.39 is 17.2 Å². The van der Waals surface area contributed by atoms with Crippen LogP contribution in [0.1, 0.15) is 41.9 Å². The zero-order valence-electron chi connectivity index (χ0n) is 18.1. The fourth-order valence-corrected chi connectivity index (χ4v) is 3.82. The van der Waals surface area contributed by atoms with Gasteiger partial charge < -0.3 is 4.57 Å². The van der Waals surface area contributed by atoms with Gasteiger partial charge in [-0.15, -0.1) is 0 Å². The average Bonchev–Trinajstić information content (AvgIpc) is 3.10. The zero-order chi connectivity index (χ0) is 23.0. The van der Waals surface area contributed by atoms with E-state index in [1.165, 1.54) is 33.4 Å². The number of carbonyl (C=O) groups is 1. The lowest BCUT2D eigenvalue weighted by molar-refractivity contribution is 0.0965. The van der Waals surface area contributed by atoms with Gasteiger partial charge in [0, 0.05) is 23.7 Å². The molecule has 2 aromatic heterocycles.